The molecular formula is C14H15F3N4O3. The first-order valence-electron chi connectivity index (χ1n) is 7.34. The summed E-state index contributed by atoms with van der Waals surface area (Å²) in [6, 6.07) is 3.20. The zero-order valence-electron chi connectivity index (χ0n) is 12.5. The van der Waals surface area contributed by atoms with Crippen LogP contribution in [-0.2, 0) is 16.1 Å². The molecule has 0 unspecified atom stereocenters. The van der Waals surface area contributed by atoms with Gasteiger partial charge in [-0.25, -0.2) is 9.31 Å². The number of aromatic nitrogens is 3. The molecule has 130 valence electrons. The van der Waals surface area contributed by atoms with Crippen LogP contribution in [0.1, 0.15) is 12.8 Å². The van der Waals surface area contributed by atoms with Crippen LogP contribution in [0.25, 0.3) is 5.52 Å². The Balaban J connectivity index is 1.92. The topological polar surface area (TPSA) is 77.6 Å². The summed E-state index contributed by atoms with van der Waals surface area (Å²) in [5.74, 6) is -2.24. The van der Waals surface area contributed by atoms with E-state index in [9.17, 15) is 22.8 Å². The van der Waals surface area contributed by atoms with E-state index in [1.54, 1.807) is 18.3 Å². The molecule has 0 amide bonds. The quantitative estimate of drug-likeness (QED) is 0.831. The molecule has 1 fully saturated rings. The summed E-state index contributed by atoms with van der Waals surface area (Å²) in [5.41, 5.74) is -1.51. The van der Waals surface area contributed by atoms with Gasteiger partial charge < -0.3 is 10.1 Å². The van der Waals surface area contributed by atoms with Crippen LogP contribution in [0.4, 0.5) is 13.2 Å². The third kappa shape index (κ3) is 3.14. The summed E-state index contributed by atoms with van der Waals surface area (Å²) in [7, 11) is 0. The van der Waals surface area contributed by atoms with Crippen molar-refractivity contribution >= 4 is 11.5 Å². The van der Waals surface area contributed by atoms with E-state index in [1.165, 1.54) is 15.4 Å². The average Bonchev–Trinajstić information content (AvgIpc) is 2.99. The lowest BCUT2D eigenvalue weighted by molar-refractivity contribution is -0.217. The van der Waals surface area contributed by atoms with Gasteiger partial charge in [0.05, 0.1) is 6.54 Å². The van der Waals surface area contributed by atoms with Crippen molar-refractivity contribution in [2.45, 2.75) is 31.2 Å². The lowest BCUT2D eigenvalue weighted by Gasteiger charge is -2.37. The minimum absolute atomic E-state index is 0.174. The first kappa shape index (κ1) is 16.5. The molecule has 1 aliphatic rings. The van der Waals surface area contributed by atoms with Gasteiger partial charge >= 0.3 is 12.1 Å². The minimum Gasteiger partial charge on any atom is -0.450 e. The Hall–Kier alpha value is -2.36. The van der Waals surface area contributed by atoms with Crippen molar-refractivity contribution in [1.29, 1.82) is 0 Å². The van der Waals surface area contributed by atoms with E-state index in [4.69, 9.17) is 4.74 Å². The second kappa shape index (κ2) is 5.93. The van der Waals surface area contributed by atoms with Gasteiger partial charge in [0.1, 0.15) is 17.4 Å². The van der Waals surface area contributed by atoms with Crippen molar-refractivity contribution in [2.75, 3.05) is 13.1 Å². The Morgan fingerprint density at radius 3 is 2.75 bits per heavy atom. The van der Waals surface area contributed by atoms with E-state index < -0.39 is 23.3 Å². The normalized spacial score (nSPS) is 17.8. The molecule has 24 heavy (non-hydrogen) atoms. The van der Waals surface area contributed by atoms with Crippen LogP contribution in [0.2, 0.25) is 0 Å². The van der Waals surface area contributed by atoms with Crippen LogP contribution in [-0.4, -0.2) is 45.0 Å². The maximum atomic E-state index is 12.6. The number of alkyl halides is 3. The number of nitrogens with one attached hydrogen (secondary N) is 1. The lowest BCUT2D eigenvalue weighted by atomic mass is 9.91. The molecule has 10 heteroatoms. The number of esters is 1. The van der Waals surface area contributed by atoms with Crippen molar-refractivity contribution in [3.05, 3.63) is 35.0 Å². The van der Waals surface area contributed by atoms with Gasteiger partial charge in [0.15, 0.2) is 0 Å². The summed E-state index contributed by atoms with van der Waals surface area (Å²) in [5, 5.41) is 7.03. The van der Waals surface area contributed by atoms with Crippen LogP contribution in [0.15, 0.2) is 29.5 Å². The average molecular weight is 344 g/mol. The monoisotopic (exact) mass is 344 g/mol. The Bertz CT molecular complexity index is 805. The number of carbonyl (C=O) groups is 1. The number of rotatable bonds is 3. The van der Waals surface area contributed by atoms with E-state index in [-0.39, 0.29) is 19.4 Å². The highest BCUT2D eigenvalue weighted by Gasteiger charge is 2.47. The van der Waals surface area contributed by atoms with Crippen LogP contribution >= 0.6 is 0 Å². The summed E-state index contributed by atoms with van der Waals surface area (Å²) < 4.78 is 45.1. The molecule has 0 atom stereocenters. The predicted molar refractivity (Wildman–Crippen MR) is 76.4 cm³/mol. The third-order valence-electron chi connectivity index (χ3n) is 4.04. The van der Waals surface area contributed by atoms with Gasteiger partial charge in [-0.15, -0.1) is 0 Å². The molecule has 2 aromatic rings. The summed E-state index contributed by atoms with van der Waals surface area (Å²) >= 11 is 0. The van der Waals surface area contributed by atoms with Gasteiger partial charge in [0.2, 0.25) is 0 Å². The molecule has 7 nitrogen and oxygen atoms in total. The smallest absolute Gasteiger partial charge is 0.450 e. The largest absolute Gasteiger partial charge is 0.490 e. The van der Waals surface area contributed by atoms with Crippen LogP contribution < -0.4 is 10.9 Å². The second-order valence-electron chi connectivity index (χ2n) is 5.72. The number of fused-ring (bicyclic) bond motifs is 1. The first-order chi connectivity index (χ1) is 11.3. The van der Waals surface area contributed by atoms with Gasteiger partial charge in [-0.2, -0.15) is 18.3 Å². The molecule has 2 aromatic heterocycles. The fraction of sp³-hybridized carbons (Fsp3) is 0.500. The van der Waals surface area contributed by atoms with Crippen LogP contribution in [0.3, 0.4) is 0 Å². The molecule has 0 saturated carbocycles. The molecule has 0 aromatic carbocycles. The number of hydrogen-bond donors (Lipinski definition) is 1. The van der Waals surface area contributed by atoms with E-state index >= 15 is 0 Å². The van der Waals surface area contributed by atoms with E-state index in [0.29, 0.717) is 18.6 Å². The van der Waals surface area contributed by atoms with Crippen molar-refractivity contribution in [1.82, 2.24) is 19.5 Å². The highest BCUT2D eigenvalue weighted by molar-refractivity contribution is 5.76. The zero-order chi connectivity index (χ0) is 17.4. The Labute approximate surface area is 134 Å². The summed E-state index contributed by atoms with van der Waals surface area (Å²) in [6.07, 6.45) is -1.90. The highest BCUT2D eigenvalue weighted by Crippen LogP contribution is 2.29. The number of ether oxygens (including phenoxy) is 1. The standard InChI is InChI=1S/C14H15F3N4O3/c15-14(16,17)12(23)24-13(3-5-18-6-4-13)8-20-9-19-21-7-1-2-10(21)11(20)22/h1-2,7,9,18H,3-6,8H2. The Morgan fingerprint density at radius 2 is 2.08 bits per heavy atom. The summed E-state index contributed by atoms with van der Waals surface area (Å²) in [6.45, 7) is 0.603. The molecule has 0 bridgehead atoms. The molecule has 1 N–H and O–H groups in total. The number of piperidine rings is 1. The molecular weight excluding hydrogens is 329 g/mol. The first-order valence-corrected chi connectivity index (χ1v) is 7.34. The minimum atomic E-state index is -5.08. The van der Waals surface area contributed by atoms with E-state index in [1.807, 2.05) is 0 Å². The van der Waals surface area contributed by atoms with Gasteiger partial charge in [-0.3, -0.25) is 9.36 Å². The third-order valence-corrected chi connectivity index (χ3v) is 4.04. The fourth-order valence-corrected chi connectivity index (χ4v) is 2.81. The fourth-order valence-electron chi connectivity index (χ4n) is 2.81. The van der Waals surface area contributed by atoms with E-state index in [0.717, 1.165) is 0 Å². The molecule has 3 heterocycles. The molecule has 3 rings (SSSR count). The lowest BCUT2D eigenvalue weighted by Crippen LogP contribution is -2.51. The van der Waals surface area contributed by atoms with Crippen molar-refractivity contribution in [2.24, 2.45) is 0 Å². The van der Waals surface area contributed by atoms with Crippen LogP contribution in [0.5, 0.6) is 0 Å². The Morgan fingerprint density at radius 1 is 1.38 bits per heavy atom. The maximum Gasteiger partial charge on any atom is 0.490 e. The van der Waals surface area contributed by atoms with Crippen molar-refractivity contribution in [3.8, 4) is 0 Å². The van der Waals surface area contributed by atoms with Gasteiger partial charge in [-0.1, -0.05) is 0 Å². The molecule has 0 spiro atoms. The molecule has 1 aliphatic heterocycles. The highest BCUT2D eigenvalue weighted by atomic mass is 19.4. The Kier molecular flexibility index (Phi) is 4.08. The SMILES string of the molecule is O=C(OC1(Cn2cnn3cccc3c2=O)CCNCC1)C(F)(F)F. The number of carbonyl (C=O) groups excluding carboxylic acids is 1. The molecule has 1 saturated heterocycles. The van der Waals surface area contributed by atoms with E-state index in [2.05, 4.69) is 10.4 Å². The van der Waals surface area contributed by atoms with Gasteiger partial charge in [0.25, 0.3) is 5.56 Å². The zero-order valence-corrected chi connectivity index (χ0v) is 12.5. The van der Waals surface area contributed by atoms with Crippen LogP contribution in [0, 0.1) is 0 Å². The second-order valence-corrected chi connectivity index (χ2v) is 5.72. The van der Waals surface area contributed by atoms with Crippen molar-refractivity contribution in [3.63, 3.8) is 0 Å². The number of hydrogen-bond acceptors (Lipinski definition) is 5. The summed E-state index contributed by atoms with van der Waals surface area (Å²) in [4.78, 5) is 23.7. The van der Waals surface area contributed by atoms with Gasteiger partial charge in [0, 0.05) is 19.0 Å². The van der Waals surface area contributed by atoms with Crippen molar-refractivity contribution < 1.29 is 22.7 Å². The number of halogens is 3. The molecule has 0 aliphatic carbocycles. The number of nitrogens with zero attached hydrogens (tertiary/aromatic N) is 3. The van der Waals surface area contributed by atoms with Gasteiger partial charge in [-0.05, 0) is 25.2 Å². The predicted octanol–water partition coefficient (Wildman–Crippen LogP) is 0.724. The maximum absolute atomic E-state index is 12.6. The molecule has 0 radical (unpaired) electrons.